The predicted molar refractivity (Wildman–Crippen MR) is 81.7 cm³/mol. The standard InChI is InChI=1S/C18H28O3/c1-4-5-12(2)16(20)21-18-9-14-6-15(10-18)8-17(7-14,11-18)13(3)19/h13-15,19H,2,4-11H2,1,3H3. The van der Waals surface area contributed by atoms with Crippen molar-refractivity contribution in [2.75, 3.05) is 0 Å². The third-order valence-electron chi connectivity index (χ3n) is 6.09. The largest absolute Gasteiger partial charge is 0.456 e. The van der Waals surface area contributed by atoms with Crippen molar-refractivity contribution in [1.82, 2.24) is 0 Å². The second-order valence-electron chi connectivity index (χ2n) is 7.93. The number of aliphatic hydroxyl groups is 1. The van der Waals surface area contributed by atoms with Crippen LogP contribution in [0.5, 0.6) is 0 Å². The van der Waals surface area contributed by atoms with Gasteiger partial charge in [-0.05, 0) is 63.7 Å². The van der Waals surface area contributed by atoms with E-state index in [9.17, 15) is 9.90 Å². The summed E-state index contributed by atoms with van der Waals surface area (Å²) in [6.07, 6.45) is 7.62. The lowest BCUT2D eigenvalue weighted by Gasteiger charge is -2.62. The minimum atomic E-state index is -0.325. The summed E-state index contributed by atoms with van der Waals surface area (Å²) < 4.78 is 5.99. The molecule has 0 heterocycles. The molecule has 4 saturated carbocycles. The van der Waals surface area contributed by atoms with Gasteiger partial charge in [0, 0.05) is 11.0 Å². The first-order chi connectivity index (χ1) is 9.88. The van der Waals surface area contributed by atoms with Gasteiger partial charge in [0.15, 0.2) is 0 Å². The molecule has 1 N–H and O–H groups in total. The number of ether oxygens (including phenoxy) is 1. The number of hydrogen-bond acceptors (Lipinski definition) is 3. The molecule has 0 aromatic carbocycles. The summed E-state index contributed by atoms with van der Waals surface area (Å²) in [5.74, 6) is 1.03. The highest BCUT2D eigenvalue weighted by Crippen LogP contribution is 2.64. The van der Waals surface area contributed by atoms with Gasteiger partial charge in [0.2, 0.25) is 0 Å². The summed E-state index contributed by atoms with van der Waals surface area (Å²) >= 11 is 0. The van der Waals surface area contributed by atoms with Gasteiger partial charge in [0.1, 0.15) is 5.60 Å². The Labute approximate surface area is 127 Å². The lowest BCUT2D eigenvalue weighted by Crippen LogP contribution is -2.60. The molecule has 3 heteroatoms. The molecule has 4 aliphatic carbocycles. The van der Waals surface area contributed by atoms with Gasteiger partial charge >= 0.3 is 5.97 Å². The van der Waals surface area contributed by atoms with E-state index in [1.807, 2.05) is 13.8 Å². The van der Waals surface area contributed by atoms with Crippen molar-refractivity contribution in [3.63, 3.8) is 0 Å². The van der Waals surface area contributed by atoms with Crippen molar-refractivity contribution in [2.24, 2.45) is 17.3 Å². The number of carbonyl (C=O) groups excluding carboxylic acids is 1. The molecule has 3 unspecified atom stereocenters. The molecule has 0 spiro atoms. The van der Waals surface area contributed by atoms with Crippen molar-refractivity contribution in [3.8, 4) is 0 Å². The summed E-state index contributed by atoms with van der Waals surface area (Å²) in [4.78, 5) is 12.3. The van der Waals surface area contributed by atoms with Crippen LogP contribution in [0.3, 0.4) is 0 Å². The van der Waals surface area contributed by atoms with E-state index >= 15 is 0 Å². The average molecular weight is 292 g/mol. The van der Waals surface area contributed by atoms with Crippen LogP contribution in [0, 0.1) is 17.3 Å². The van der Waals surface area contributed by atoms with Crippen LogP contribution in [0.15, 0.2) is 12.2 Å². The van der Waals surface area contributed by atoms with Gasteiger partial charge in [-0.15, -0.1) is 0 Å². The number of hydrogen-bond donors (Lipinski definition) is 1. The summed E-state index contributed by atoms with van der Waals surface area (Å²) in [6.45, 7) is 7.83. The second-order valence-corrected chi connectivity index (χ2v) is 7.93. The molecular formula is C18H28O3. The van der Waals surface area contributed by atoms with Gasteiger partial charge in [0.25, 0.3) is 0 Å². The van der Waals surface area contributed by atoms with Crippen LogP contribution < -0.4 is 0 Å². The number of rotatable bonds is 5. The van der Waals surface area contributed by atoms with Gasteiger partial charge in [-0.1, -0.05) is 19.9 Å². The summed E-state index contributed by atoms with van der Waals surface area (Å²) in [5.41, 5.74) is 0.255. The molecule has 3 atom stereocenters. The van der Waals surface area contributed by atoms with Gasteiger partial charge in [-0.2, -0.15) is 0 Å². The summed E-state index contributed by atoms with van der Waals surface area (Å²) in [7, 11) is 0. The van der Waals surface area contributed by atoms with Crippen LogP contribution >= 0.6 is 0 Å². The van der Waals surface area contributed by atoms with E-state index in [2.05, 4.69) is 6.58 Å². The van der Waals surface area contributed by atoms with Crippen LogP contribution in [-0.4, -0.2) is 22.8 Å². The Morgan fingerprint density at radius 1 is 1.33 bits per heavy atom. The van der Waals surface area contributed by atoms with E-state index in [1.54, 1.807) is 0 Å². The Kier molecular flexibility index (Phi) is 3.67. The van der Waals surface area contributed by atoms with Gasteiger partial charge < -0.3 is 9.84 Å². The lowest BCUT2D eigenvalue weighted by atomic mass is 9.46. The fourth-order valence-corrected chi connectivity index (χ4v) is 5.53. The molecule has 118 valence electrons. The predicted octanol–water partition coefficient (Wildman–Crippen LogP) is 3.61. The normalized spacial score (nSPS) is 41.9. The highest BCUT2D eigenvalue weighted by Gasteiger charge is 2.61. The SMILES string of the molecule is C=C(CCC)C(=O)OC12CC3CC(C1)CC(C(C)O)(C3)C2. The Bertz CT molecular complexity index is 437. The lowest BCUT2D eigenvalue weighted by molar-refractivity contribution is -0.213. The molecule has 0 aromatic rings. The molecule has 0 aliphatic heterocycles. The van der Waals surface area contributed by atoms with E-state index in [-0.39, 0.29) is 23.1 Å². The van der Waals surface area contributed by atoms with E-state index in [1.165, 1.54) is 6.42 Å². The fourth-order valence-electron chi connectivity index (χ4n) is 5.53. The molecule has 21 heavy (non-hydrogen) atoms. The van der Waals surface area contributed by atoms with Crippen molar-refractivity contribution < 1.29 is 14.6 Å². The monoisotopic (exact) mass is 292 g/mol. The Morgan fingerprint density at radius 3 is 2.48 bits per heavy atom. The van der Waals surface area contributed by atoms with Crippen molar-refractivity contribution >= 4 is 5.97 Å². The van der Waals surface area contributed by atoms with Gasteiger partial charge in [-0.3, -0.25) is 0 Å². The maximum atomic E-state index is 12.3. The Hall–Kier alpha value is -0.830. The zero-order chi connectivity index (χ0) is 15.3. The zero-order valence-corrected chi connectivity index (χ0v) is 13.4. The minimum absolute atomic E-state index is 0.0174. The third-order valence-corrected chi connectivity index (χ3v) is 6.09. The Morgan fingerprint density at radius 2 is 1.95 bits per heavy atom. The van der Waals surface area contributed by atoms with E-state index in [0.29, 0.717) is 23.8 Å². The molecule has 4 rings (SSSR count). The number of esters is 1. The molecule has 3 nitrogen and oxygen atoms in total. The molecule has 0 saturated heterocycles. The number of carbonyl (C=O) groups is 1. The molecule has 4 fully saturated rings. The highest BCUT2D eigenvalue weighted by molar-refractivity contribution is 5.88. The quantitative estimate of drug-likeness (QED) is 0.622. The van der Waals surface area contributed by atoms with E-state index in [4.69, 9.17) is 4.74 Å². The summed E-state index contributed by atoms with van der Waals surface area (Å²) in [6, 6.07) is 0. The van der Waals surface area contributed by atoms with Crippen LogP contribution in [0.1, 0.15) is 65.2 Å². The van der Waals surface area contributed by atoms with Crippen molar-refractivity contribution in [2.45, 2.75) is 76.9 Å². The first kappa shape index (κ1) is 15.1. The average Bonchev–Trinajstić information content (AvgIpc) is 2.36. The molecular weight excluding hydrogens is 264 g/mol. The second kappa shape index (κ2) is 5.12. The van der Waals surface area contributed by atoms with Crippen molar-refractivity contribution in [3.05, 3.63) is 12.2 Å². The topological polar surface area (TPSA) is 46.5 Å². The zero-order valence-electron chi connectivity index (χ0n) is 13.4. The fraction of sp³-hybridized carbons (Fsp3) is 0.833. The molecule has 4 aliphatic rings. The summed E-state index contributed by atoms with van der Waals surface area (Å²) in [5, 5.41) is 10.3. The molecule has 0 amide bonds. The van der Waals surface area contributed by atoms with Crippen LogP contribution in [0.4, 0.5) is 0 Å². The van der Waals surface area contributed by atoms with Crippen LogP contribution in [0.2, 0.25) is 0 Å². The van der Waals surface area contributed by atoms with Crippen molar-refractivity contribution in [1.29, 1.82) is 0 Å². The van der Waals surface area contributed by atoms with Gasteiger partial charge in [0.05, 0.1) is 6.10 Å². The highest BCUT2D eigenvalue weighted by atomic mass is 16.6. The number of aliphatic hydroxyl groups excluding tert-OH is 1. The maximum Gasteiger partial charge on any atom is 0.333 e. The van der Waals surface area contributed by atoms with Crippen LogP contribution in [0.25, 0.3) is 0 Å². The molecule has 4 bridgehead atoms. The molecule has 0 radical (unpaired) electrons. The Balaban J connectivity index is 1.78. The van der Waals surface area contributed by atoms with E-state index < -0.39 is 0 Å². The first-order valence-corrected chi connectivity index (χ1v) is 8.47. The third kappa shape index (κ3) is 2.54. The first-order valence-electron chi connectivity index (χ1n) is 8.47. The minimum Gasteiger partial charge on any atom is -0.456 e. The molecule has 0 aromatic heterocycles. The smallest absolute Gasteiger partial charge is 0.333 e. The maximum absolute atomic E-state index is 12.3. The van der Waals surface area contributed by atoms with Gasteiger partial charge in [-0.25, -0.2) is 4.79 Å². The van der Waals surface area contributed by atoms with Crippen LogP contribution in [-0.2, 0) is 9.53 Å². The van der Waals surface area contributed by atoms with E-state index in [0.717, 1.165) is 38.5 Å².